The van der Waals surface area contributed by atoms with Crippen molar-refractivity contribution in [2.45, 2.75) is 13.0 Å². The van der Waals surface area contributed by atoms with Crippen molar-refractivity contribution in [3.63, 3.8) is 0 Å². The summed E-state index contributed by atoms with van der Waals surface area (Å²) in [6.07, 6.45) is 1.74. The number of hydrogen-bond donors (Lipinski definition) is 1. The Kier molecular flexibility index (Phi) is 2.65. The Morgan fingerprint density at radius 1 is 1.67 bits per heavy atom. The van der Waals surface area contributed by atoms with E-state index in [0.29, 0.717) is 11.9 Å². The van der Waals surface area contributed by atoms with Crippen molar-refractivity contribution in [1.82, 2.24) is 19.9 Å². The number of nitrogens with zero attached hydrogens (tertiary/aromatic N) is 4. The van der Waals surface area contributed by atoms with Gasteiger partial charge in [0.1, 0.15) is 0 Å². The van der Waals surface area contributed by atoms with Gasteiger partial charge in [0, 0.05) is 6.54 Å². The summed E-state index contributed by atoms with van der Waals surface area (Å²) in [6.45, 7) is 3.01. The second-order valence-electron chi connectivity index (χ2n) is 3.23. The number of hydrogen-bond acceptors (Lipinski definition) is 4. The molecular formula is C7H15N5. The maximum atomic E-state index is 5.44. The molecule has 1 aromatic rings. The van der Waals surface area contributed by atoms with Crippen molar-refractivity contribution in [3.05, 3.63) is 6.20 Å². The molecule has 1 aromatic heterocycles. The number of aromatic nitrogens is 3. The van der Waals surface area contributed by atoms with Crippen molar-refractivity contribution in [1.29, 1.82) is 0 Å². The average Bonchev–Trinajstić information content (AvgIpc) is 2.34. The molecule has 0 spiro atoms. The predicted octanol–water partition coefficient (Wildman–Crippen LogP) is -0.0171. The topological polar surface area (TPSA) is 60.0 Å². The van der Waals surface area contributed by atoms with Gasteiger partial charge in [-0.25, -0.2) is 4.68 Å². The van der Waals surface area contributed by atoms with E-state index in [-0.39, 0.29) is 0 Å². The van der Waals surface area contributed by atoms with Crippen LogP contribution in [0.2, 0.25) is 0 Å². The largest absolute Gasteiger partial charge is 0.381 e. The van der Waals surface area contributed by atoms with Crippen LogP contribution in [0.15, 0.2) is 6.20 Å². The average molecular weight is 169 g/mol. The predicted molar refractivity (Wildman–Crippen MR) is 47.7 cm³/mol. The van der Waals surface area contributed by atoms with Crippen LogP contribution in [0.25, 0.3) is 0 Å². The fourth-order valence-corrected chi connectivity index (χ4v) is 1.12. The van der Waals surface area contributed by atoms with Gasteiger partial charge in [-0.2, -0.15) is 0 Å². The van der Waals surface area contributed by atoms with Gasteiger partial charge in [-0.3, -0.25) is 0 Å². The lowest BCUT2D eigenvalue weighted by Gasteiger charge is -2.16. The number of nitrogen functional groups attached to an aromatic ring is 1. The van der Waals surface area contributed by atoms with E-state index in [1.165, 1.54) is 0 Å². The van der Waals surface area contributed by atoms with Crippen LogP contribution in [0.4, 0.5) is 5.82 Å². The van der Waals surface area contributed by atoms with Crippen molar-refractivity contribution in [3.8, 4) is 0 Å². The molecule has 1 unspecified atom stereocenters. The van der Waals surface area contributed by atoms with Crippen molar-refractivity contribution in [2.75, 3.05) is 26.4 Å². The highest BCUT2D eigenvalue weighted by molar-refractivity contribution is 5.20. The minimum absolute atomic E-state index is 0.310. The van der Waals surface area contributed by atoms with Crippen molar-refractivity contribution in [2.24, 2.45) is 0 Å². The highest BCUT2D eigenvalue weighted by Crippen LogP contribution is 2.05. The van der Waals surface area contributed by atoms with Crippen LogP contribution in [0.5, 0.6) is 0 Å². The molecular weight excluding hydrogens is 154 g/mol. The number of rotatable bonds is 3. The first-order valence-corrected chi connectivity index (χ1v) is 3.91. The summed E-state index contributed by atoms with van der Waals surface area (Å²) in [4.78, 5) is 2.10. The molecule has 0 saturated carbocycles. The molecule has 0 aliphatic rings. The summed E-state index contributed by atoms with van der Waals surface area (Å²) >= 11 is 0. The quantitative estimate of drug-likeness (QED) is 0.691. The van der Waals surface area contributed by atoms with Crippen LogP contribution in [-0.2, 0) is 0 Å². The molecule has 0 radical (unpaired) electrons. The lowest BCUT2D eigenvalue weighted by atomic mass is 10.3. The Labute approximate surface area is 72.2 Å². The molecule has 5 heteroatoms. The highest BCUT2D eigenvalue weighted by atomic mass is 15.4. The summed E-state index contributed by atoms with van der Waals surface area (Å²) < 4.78 is 1.77. The Balaban J connectivity index is 2.58. The number of likely N-dealkylation sites (N-methyl/N-ethyl adjacent to an activating group) is 1. The molecule has 0 aliphatic carbocycles. The third-order valence-electron chi connectivity index (χ3n) is 1.61. The van der Waals surface area contributed by atoms with Crippen LogP contribution in [-0.4, -0.2) is 40.5 Å². The molecule has 1 heterocycles. The van der Waals surface area contributed by atoms with Gasteiger partial charge in [0.05, 0.1) is 12.2 Å². The van der Waals surface area contributed by atoms with E-state index in [0.717, 1.165) is 6.54 Å². The van der Waals surface area contributed by atoms with Gasteiger partial charge in [-0.1, -0.05) is 5.21 Å². The van der Waals surface area contributed by atoms with Gasteiger partial charge in [0.2, 0.25) is 0 Å². The molecule has 12 heavy (non-hydrogen) atoms. The van der Waals surface area contributed by atoms with E-state index in [9.17, 15) is 0 Å². The van der Waals surface area contributed by atoms with E-state index in [2.05, 4.69) is 22.1 Å². The third-order valence-corrected chi connectivity index (χ3v) is 1.61. The molecule has 2 N–H and O–H groups in total. The minimum Gasteiger partial charge on any atom is -0.381 e. The molecule has 0 aromatic carbocycles. The van der Waals surface area contributed by atoms with Gasteiger partial charge in [-0.15, -0.1) is 5.10 Å². The smallest absolute Gasteiger partial charge is 0.165 e. The molecule has 0 saturated heterocycles. The van der Waals surface area contributed by atoms with Gasteiger partial charge >= 0.3 is 0 Å². The summed E-state index contributed by atoms with van der Waals surface area (Å²) in [6, 6.07) is 0.310. The zero-order valence-electron chi connectivity index (χ0n) is 7.73. The third kappa shape index (κ3) is 2.20. The van der Waals surface area contributed by atoms with Gasteiger partial charge in [0.15, 0.2) is 5.82 Å². The van der Waals surface area contributed by atoms with E-state index in [1.807, 2.05) is 14.1 Å². The Morgan fingerprint density at radius 3 is 2.75 bits per heavy atom. The Hall–Kier alpha value is -1.10. The molecule has 1 rings (SSSR count). The van der Waals surface area contributed by atoms with Gasteiger partial charge in [-0.05, 0) is 21.0 Å². The number of anilines is 1. The second-order valence-corrected chi connectivity index (χ2v) is 3.23. The first kappa shape index (κ1) is 8.99. The fraction of sp³-hybridized carbons (Fsp3) is 0.714. The molecule has 0 fully saturated rings. The van der Waals surface area contributed by atoms with Gasteiger partial charge < -0.3 is 10.6 Å². The van der Waals surface area contributed by atoms with Crippen molar-refractivity contribution >= 4 is 5.82 Å². The second kappa shape index (κ2) is 3.53. The van der Waals surface area contributed by atoms with Crippen LogP contribution in [0.1, 0.15) is 13.0 Å². The molecule has 0 amide bonds. The van der Waals surface area contributed by atoms with Crippen molar-refractivity contribution < 1.29 is 0 Å². The lowest BCUT2D eigenvalue weighted by Crippen LogP contribution is -2.22. The van der Waals surface area contributed by atoms with Crippen LogP contribution < -0.4 is 5.73 Å². The monoisotopic (exact) mass is 169 g/mol. The molecule has 0 aliphatic heterocycles. The summed E-state index contributed by atoms with van der Waals surface area (Å²) in [7, 11) is 4.05. The molecule has 1 atom stereocenters. The first-order valence-electron chi connectivity index (χ1n) is 3.91. The molecule has 68 valence electrons. The maximum absolute atomic E-state index is 5.44. The maximum Gasteiger partial charge on any atom is 0.165 e. The fourth-order valence-electron chi connectivity index (χ4n) is 1.12. The SMILES string of the molecule is CC(CN(C)C)n1cc(N)nn1. The van der Waals surface area contributed by atoms with E-state index in [4.69, 9.17) is 5.73 Å². The summed E-state index contributed by atoms with van der Waals surface area (Å²) in [5.41, 5.74) is 5.44. The normalized spacial score (nSPS) is 13.7. The minimum atomic E-state index is 0.310. The highest BCUT2D eigenvalue weighted by Gasteiger charge is 2.06. The Bertz CT molecular complexity index is 242. The number of nitrogens with two attached hydrogens (primary N) is 1. The molecule has 5 nitrogen and oxygen atoms in total. The zero-order valence-corrected chi connectivity index (χ0v) is 7.73. The van der Waals surface area contributed by atoms with Crippen LogP contribution >= 0.6 is 0 Å². The van der Waals surface area contributed by atoms with Gasteiger partial charge in [0.25, 0.3) is 0 Å². The Morgan fingerprint density at radius 2 is 2.33 bits per heavy atom. The van der Waals surface area contributed by atoms with E-state index >= 15 is 0 Å². The van der Waals surface area contributed by atoms with E-state index < -0.39 is 0 Å². The molecule has 0 bridgehead atoms. The first-order chi connectivity index (χ1) is 5.59. The summed E-state index contributed by atoms with van der Waals surface area (Å²) in [5.74, 6) is 0.473. The summed E-state index contributed by atoms with van der Waals surface area (Å²) in [5, 5.41) is 7.60. The standard InChI is InChI=1S/C7H15N5/c1-6(4-11(2)3)12-5-7(8)9-10-12/h5-6H,4,8H2,1-3H3. The van der Waals surface area contributed by atoms with Crippen LogP contribution in [0, 0.1) is 0 Å². The zero-order chi connectivity index (χ0) is 9.14. The lowest BCUT2D eigenvalue weighted by molar-refractivity contribution is 0.319. The van der Waals surface area contributed by atoms with E-state index in [1.54, 1.807) is 10.9 Å². The van der Waals surface area contributed by atoms with Crippen LogP contribution in [0.3, 0.4) is 0 Å².